The van der Waals surface area contributed by atoms with Crippen LogP contribution in [-0.2, 0) is 16.1 Å². The number of imidazole rings is 1. The highest BCUT2D eigenvalue weighted by molar-refractivity contribution is 5.82. The molecule has 0 spiro atoms. The summed E-state index contributed by atoms with van der Waals surface area (Å²) in [5, 5.41) is 5.61. The normalized spacial score (nSPS) is 18.9. The zero-order chi connectivity index (χ0) is 16.9. The number of rotatable bonds is 7. The van der Waals surface area contributed by atoms with Crippen LogP contribution in [0.5, 0.6) is 0 Å². The summed E-state index contributed by atoms with van der Waals surface area (Å²) in [4.78, 5) is 30.9. The first kappa shape index (κ1) is 16.2. The molecule has 0 saturated heterocycles. The van der Waals surface area contributed by atoms with E-state index < -0.39 is 0 Å². The van der Waals surface area contributed by atoms with Crippen LogP contribution >= 0.6 is 0 Å². The molecule has 24 heavy (non-hydrogen) atoms. The molecule has 0 radical (unpaired) electrons. The lowest BCUT2D eigenvalue weighted by molar-refractivity contribution is -0.123. The van der Waals surface area contributed by atoms with Crippen molar-refractivity contribution in [1.29, 1.82) is 0 Å². The van der Waals surface area contributed by atoms with Gasteiger partial charge >= 0.3 is 0 Å². The van der Waals surface area contributed by atoms with Crippen LogP contribution in [0.15, 0.2) is 36.5 Å². The Morgan fingerprint density at radius 1 is 1.25 bits per heavy atom. The van der Waals surface area contributed by atoms with Gasteiger partial charge in [-0.2, -0.15) is 0 Å². The first-order valence-electron chi connectivity index (χ1n) is 8.27. The number of benzene rings is 1. The molecule has 6 nitrogen and oxygen atoms in total. The first-order valence-corrected chi connectivity index (χ1v) is 8.27. The number of aromatic nitrogens is 2. The summed E-state index contributed by atoms with van der Waals surface area (Å²) in [7, 11) is 0. The average Bonchev–Trinajstić information content (AvgIpc) is 3.14. The predicted molar refractivity (Wildman–Crippen MR) is 90.8 cm³/mol. The fraction of sp³-hybridized carbons (Fsp3) is 0.389. The summed E-state index contributed by atoms with van der Waals surface area (Å²) in [5.74, 6) is 1.30. The zero-order valence-corrected chi connectivity index (χ0v) is 13.7. The van der Waals surface area contributed by atoms with Crippen molar-refractivity contribution < 1.29 is 9.59 Å². The van der Waals surface area contributed by atoms with Crippen molar-refractivity contribution in [2.75, 3.05) is 6.54 Å². The summed E-state index contributed by atoms with van der Waals surface area (Å²) in [6, 6.07) is 9.89. The number of hydrogen-bond donors (Lipinski definition) is 3. The van der Waals surface area contributed by atoms with E-state index in [1.54, 1.807) is 6.20 Å². The summed E-state index contributed by atoms with van der Waals surface area (Å²) >= 11 is 0. The van der Waals surface area contributed by atoms with E-state index in [0.29, 0.717) is 24.8 Å². The van der Waals surface area contributed by atoms with Crippen LogP contribution in [0, 0.1) is 11.8 Å². The van der Waals surface area contributed by atoms with E-state index in [2.05, 4.69) is 27.5 Å². The Labute approximate surface area is 141 Å². The van der Waals surface area contributed by atoms with Gasteiger partial charge in [-0.05, 0) is 17.9 Å². The monoisotopic (exact) mass is 326 g/mol. The van der Waals surface area contributed by atoms with Crippen LogP contribution in [0.3, 0.4) is 0 Å². The fourth-order valence-corrected chi connectivity index (χ4v) is 2.61. The van der Waals surface area contributed by atoms with Crippen molar-refractivity contribution >= 4 is 11.8 Å². The minimum atomic E-state index is -0.100. The Hall–Kier alpha value is -2.63. The van der Waals surface area contributed by atoms with Crippen LogP contribution < -0.4 is 10.6 Å². The molecule has 1 aliphatic carbocycles. The quantitative estimate of drug-likeness (QED) is 0.726. The second kappa shape index (κ2) is 7.29. The topological polar surface area (TPSA) is 86.9 Å². The predicted octanol–water partition coefficient (Wildman–Crippen LogP) is 1.86. The molecular weight excluding hydrogens is 304 g/mol. The third-order valence-corrected chi connectivity index (χ3v) is 4.26. The van der Waals surface area contributed by atoms with Crippen molar-refractivity contribution in [3.8, 4) is 11.3 Å². The molecule has 2 unspecified atom stereocenters. The minimum Gasteiger partial charge on any atom is -0.355 e. The largest absolute Gasteiger partial charge is 0.355 e. The molecule has 1 fully saturated rings. The second-order valence-electron chi connectivity index (χ2n) is 6.25. The van der Waals surface area contributed by atoms with Gasteiger partial charge in [0.1, 0.15) is 5.82 Å². The number of carbonyl (C=O) groups is 2. The summed E-state index contributed by atoms with van der Waals surface area (Å²) in [5.41, 5.74) is 1.98. The maximum absolute atomic E-state index is 11.8. The van der Waals surface area contributed by atoms with Crippen molar-refractivity contribution in [3.05, 3.63) is 42.4 Å². The maximum atomic E-state index is 11.8. The molecule has 2 aromatic rings. The molecule has 0 bridgehead atoms. The molecule has 2 atom stereocenters. The van der Waals surface area contributed by atoms with Crippen LogP contribution in [-0.4, -0.2) is 28.3 Å². The molecule has 1 aromatic carbocycles. The van der Waals surface area contributed by atoms with E-state index in [4.69, 9.17) is 0 Å². The third-order valence-electron chi connectivity index (χ3n) is 4.26. The van der Waals surface area contributed by atoms with Crippen LogP contribution in [0.4, 0.5) is 0 Å². The highest BCUT2D eigenvalue weighted by Crippen LogP contribution is 2.37. The smallest absolute Gasteiger partial charge is 0.223 e. The average molecular weight is 326 g/mol. The van der Waals surface area contributed by atoms with Crippen LogP contribution in [0.2, 0.25) is 0 Å². The number of carbonyl (C=O) groups excluding carboxylic acids is 2. The SMILES string of the molecule is CC1CC1C(=O)NCCC(=O)NCc1ncc(-c2ccccc2)[nH]1. The van der Waals surface area contributed by atoms with Crippen LogP contribution in [0.1, 0.15) is 25.6 Å². The molecule has 3 N–H and O–H groups in total. The molecule has 1 aliphatic rings. The van der Waals surface area contributed by atoms with Crippen molar-refractivity contribution in [2.45, 2.75) is 26.3 Å². The molecule has 126 valence electrons. The molecule has 1 heterocycles. The van der Waals surface area contributed by atoms with Gasteiger partial charge in [0.25, 0.3) is 0 Å². The van der Waals surface area contributed by atoms with Gasteiger partial charge in [0.2, 0.25) is 11.8 Å². The third kappa shape index (κ3) is 4.22. The zero-order valence-electron chi connectivity index (χ0n) is 13.7. The molecule has 2 amide bonds. The number of amides is 2. The van der Waals surface area contributed by atoms with Crippen molar-refractivity contribution in [3.63, 3.8) is 0 Å². The van der Waals surface area contributed by atoms with Gasteiger partial charge < -0.3 is 15.6 Å². The second-order valence-corrected chi connectivity index (χ2v) is 6.25. The molecule has 3 rings (SSSR count). The molecule has 1 aromatic heterocycles. The Kier molecular flexibility index (Phi) is 4.93. The Balaban J connectivity index is 1.38. The van der Waals surface area contributed by atoms with Gasteiger partial charge in [-0.3, -0.25) is 9.59 Å². The van der Waals surface area contributed by atoms with Gasteiger partial charge in [-0.1, -0.05) is 37.3 Å². The van der Waals surface area contributed by atoms with Gasteiger partial charge in [-0.25, -0.2) is 4.98 Å². The van der Waals surface area contributed by atoms with E-state index >= 15 is 0 Å². The fourth-order valence-electron chi connectivity index (χ4n) is 2.61. The number of aromatic amines is 1. The Morgan fingerprint density at radius 2 is 2.00 bits per heavy atom. The van der Waals surface area contributed by atoms with E-state index in [-0.39, 0.29) is 24.2 Å². The Bertz CT molecular complexity index is 711. The van der Waals surface area contributed by atoms with E-state index in [0.717, 1.165) is 17.7 Å². The van der Waals surface area contributed by atoms with E-state index in [1.807, 2.05) is 30.3 Å². The van der Waals surface area contributed by atoms with Crippen LogP contribution in [0.25, 0.3) is 11.3 Å². The lowest BCUT2D eigenvalue weighted by atomic mass is 10.2. The van der Waals surface area contributed by atoms with Gasteiger partial charge in [-0.15, -0.1) is 0 Å². The van der Waals surface area contributed by atoms with E-state index in [1.165, 1.54) is 0 Å². The highest BCUT2D eigenvalue weighted by Gasteiger charge is 2.38. The number of hydrogen-bond acceptors (Lipinski definition) is 3. The molecule has 0 aliphatic heterocycles. The number of H-pyrrole nitrogens is 1. The number of nitrogens with one attached hydrogen (secondary N) is 3. The van der Waals surface area contributed by atoms with Gasteiger partial charge in [0.05, 0.1) is 18.4 Å². The maximum Gasteiger partial charge on any atom is 0.223 e. The van der Waals surface area contributed by atoms with Crippen molar-refractivity contribution in [2.24, 2.45) is 11.8 Å². The summed E-state index contributed by atoms with van der Waals surface area (Å²) in [6.45, 7) is 2.78. The minimum absolute atomic E-state index is 0.0637. The van der Waals surface area contributed by atoms with Crippen molar-refractivity contribution in [1.82, 2.24) is 20.6 Å². The highest BCUT2D eigenvalue weighted by atomic mass is 16.2. The standard InChI is InChI=1S/C18H22N4O2/c1-12-9-14(12)18(24)19-8-7-17(23)21-11-16-20-10-15(22-16)13-5-3-2-4-6-13/h2-6,10,12,14H,7-9,11H2,1H3,(H,19,24)(H,20,22)(H,21,23). The molecule has 6 heteroatoms. The molecular formula is C18H22N4O2. The number of nitrogens with zero attached hydrogens (tertiary/aromatic N) is 1. The van der Waals surface area contributed by atoms with Gasteiger partial charge in [0.15, 0.2) is 0 Å². The first-order chi connectivity index (χ1) is 11.6. The van der Waals surface area contributed by atoms with E-state index in [9.17, 15) is 9.59 Å². The van der Waals surface area contributed by atoms with Gasteiger partial charge in [0, 0.05) is 18.9 Å². The molecule has 1 saturated carbocycles. The summed E-state index contributed by atoms with van der Waals surface area (Å²) < 4.78 is 0. The summed E-state index contributed by atoms with van der Waals surface area (Å²) in [6.07, 6.45) is 2.99. The lowest BCUT2D eigenvalue weighted by Gasteiger charge is -2.05. The lowest BCUT2D eigenvalue weighted by Crippen LogP contribution is -2.31. The Morgan fingerprint density at radius 3 is 2.71 bits per heavy atom.